The van der Waals surface area contributed by atoms with Gasteiger partial charge in [0.25, 0.3) is 0 Å². The van der Waals surface area contributed by atoms with E-state index in [9.17, 15) is 14.4 Å². The molecule has 4 rings (SSSR count). The third-order valence-corrected chi connectivity index (χ3v) is 9.14. The van der Waals surface area contributed by atoms with Gasteiger partial charge in [0, 0.05) is 128 Å². The Kier molecular flexibility index (Phi) is 26.6. The number of hydrogen-bond donors (Lipinski definition) is 4. The molecule has 3 heterocycles. The predicted octanol–water partition coefficient (Wildman–Crippen LogP) is 4.70. The average Bonchev–Trinajstić information content (AvgIpc) is 3.75. The number of anilines is 2. The lowest BCUT2D eigenvalue weighted by atomic mass is 10.1. The Balaban J connectivity index is 0.000000810. The standard InChI is InChI=1S/C14H12N4O2.C9H15N3O2.C9H17NO3.C6H12O3.C5H13NO2/c1-15-14-16-5-4-11(18-14)12-7-9-6-8(13(19)20)2-3-10(9)17-12;1-9(13-3,14-4)7-5-6-11-8(10-2)12-7;1-9(12-4,13-5)8(11)6-7-10(2)3;1-5(7)6(2,8-3)9-4;1-6(2)5(7-3)8-4/h2-7,17H,1H3,(H,19,20)(H,15,16,18);5-6H,1-4H3,(H,10,11,12);6-7H,1-5H3;1-4H3;5H,1-4H3/b;;7-6+;;. The van der Waals surface area contributed by atoms with E-state index >= 15 is 0 Å². The van der Waals surface area contributed by atoms with Crippen LogP contribution in [0.5, 0.6) is 0 Å². The fraction of sp³-hybridized carbons (Fsp3) is 0.512. The minimum Gasteiger partial charge on any atom is -0.478 e. The number of ketones is 2. The molecule has 0 fully saturated rings. The monoisotopic (exact) mass is 904 g/mol. The second-order valence-electron chi connectivity index (χ2n) is 13.8. The summed E-state index contributed by atoms with van der Waals surface area (Å²) < 4.78 is 39.6. The molecule has 64 heavy (non-hydrogen) atoms. The van der Waals surface area contributed by atoms with Gasteiger partial charge in [-0.15, -0.1) is 0 Å². The van der Waals surface area contributed by atoms with Crippen LogP contribution in [0.2, 0.25) is 0 Å². The molecule has 0 aliphatic rings. The number of nitrogens with one attached hydrogen (secondary N) is 3. The van der Waals surface area contributed by atoms with Crippen LogP contribution in [0.4, 0.5) is 11.9 Å². The van der Waals surface area contributed by atoms with E-state index < -0.39 is 23.3 Å². The maximum absolute atomic E-state index is 11.5. The number of rotatable bonds is 18. The van der Waals surface area contributed by atoms with Gasteiger partial charge in [0.05, 0.1) is 17.0 Å². The molecule has 0 aliphatic carbocycles. The number of aromatic amines is 1. The van der Waals surface area contributed by atoms with Crippen molar-refractivity contribution < 1.29 is 57.4 Å². The molecule has 0 atom stereocenters. The highest BCUT2D eigenvalue weighted by atomic mass is 16.7. The summed E-state index contributed by atoms with van der Waals surface area (Å²) in [7, 11) is 23.1. The van der Waals surface area contributed by atoms with Crippen LogP contribution in [-0.4, -0.2) is 175 Å². The number of carbonyl (C=O) groups is 3. The summed E-state index contributed by atoms with van der Waals surface area (Å²) in [5, 5.41) is 15.6. The number of benzene rings is 1. The van der Waals surface area contributed by atoms with Gasteiger partial charge in [0.2, 0.25) is 41.5 Å². The molecule has 21 nitrogen and oxygen atoms in total. The molecule has 0 saturated carbocycles. The second kappa shape index (κ2) is 29.1. The highest BCUT2D eigenvalue weighted by molar-refractivity contribution is 5.96. The first-order chi connectivity index (χ1) is 30.1. The molecule has 0 bridgehead atoms. The molecule has 4 N–H and O–H groups in total. The van der Waals surface area contributed by atoms with Gasteiger partial charge in [0.15, 0.2) is 5.78 Å². The number of aromatic nitrogens is 5. The van der Waals surface area contributed by atoms with Crippen LogP contribution in [0.3, 0.4) is 0 Å². The Morgan fingerprint density at radius 3 is 1.64 bits per heavy atom. The van der Waals surface area contributed by atoms with Gasteiger partial charge in [0.1, 0.15) is 5.69 Å². The SMILES string of the molecule is CNc1nccc(-c2cc3cc(C(=O)O)ccc3[nH]2)n1.CNc1nccc(C(C)(OC)OC)n1.COC(C)(OC)C(=O)/C=C/N(C)C.COC(C)(OC)C(C)=O.COC(OC)N(C)C. The molecule has 0 radical (unpaired) electrons. The third-order valence-electron chi connectivity index (χ3n) is 9.14. The van der Waals surface area contributed by atoms with Crippen molar-refractivity contribution in [3.05, 3.63) is 72.3 Å². The van der Waals surface area contributed by atoms with Crippen LogP contribution >= 0.6 is 0 Å². The van der Waals surface area contributed by atoms with E-state index in [4.69, 9.17) is 43.0 Å². The lowest BCUT2D eigenvalue weighted by Gasteiger charge is -2.25. The number of ether oxygens (including phenoxy) is 8. The second-order valence-corrected chi connectivity index (χ2v) is 13.8. The summed E-state index contributed by atoms with van der Waals surface area (Å²) >= 11 is 0. The number of hydrogen-bond acceptors (Lipinski definition) is 19. The molecule has 3 aromatic heterocycles. The van der Waals surface area contributed by atoms with Crippen LogP contribution in [0.1, 0.15) is 43.7 Å². The van der Waals surface area contributed by atoms with Crippen LogP contribution in [0, 0.1) is 0 Å². The minimum absolute atomic E-state index is 0.132. The Hall–Kier alpha value is -5.49. The first-order valence-corrected chi connectivity index (χ1v) is 19.4. The topological polar surface area (TPSA) is 243 Å². The maximum Gasteiger partial charge on any atom is 0.335 e. The number of methoxy groups -OCH3 is 8. The summed E-state index contributed by atoms with van der Waals surface area (Å²) in [4.78, 5) is 56.6. The van der Waals surface area contributed by atoms with Crippen molar-refractivity contribution in [1.82, 2.24) is 34.7 Å². The zero-order valence-corrected chi connectivity index (χ0v) is 40.5. The predicted molar refractivity (Wildman–Crippen MR) is 244 cm³/mol. The molecule has 0 aliphatic heterocycles. The van der Waals surface area contributed by atoms with Crippen molar-refractivity contribution in [2.24, 2.45) is 0 Å². The number of H-pyrrole nitrogens is 1. The normalized spacial score (nSPS) is 11.3. The Labute approximate surface area is 376 Å². The zero-order chi connectivity index (χ0) is 49.3. The van der Waals surface area contributed by atoms with Gasteiger partial charge in [-0.1, -0.05) is 0 Å². The average molecular weight is 904 g/mol. The van der Waals surface area contributed by atoms with Gasteiger partial charge in [-0.05, 0) is 71.3 Å². The van der Waals surface area contributed by atoms with Gasteiger partial charge in [-0.25, -0.2) is 24.7 Å². The lowest BCUT2D eigenvalue weighted by Crippen LogP contribution is -2.38. The summed E-state index contributed by atoms with van der Waals surface area (Å²) in [5.74, 6) is -3.26. The fourth-order valence-electron chi connectivity index (χ4n) is 4.60. The van der Waals surface area contributed by atoms with Gasteiger partial charge in [-0.2, -0.15) is 0 Å². The number of carbonyl (C=O) groups excluding carboxylic acids is 2. The molecule has 0 amide bonds. The Morgan fingerprint density at radius 1 is 0.734 bits per heavy atom. The fourth-order valence-corrected chi connectivity index (χ4v) is 4.60. The summed E-state index contributed by atoms with van der Waals surface area (Å²) in [6.45, 7) is 6.38. The van der Waals surface area contributed by atoms with Crippen LogP contribution in [-0.2, 0) is 53.3 Å². The Bertz CT molecular complexity index is 2010. The van der Waals surface area contributed by atoms with Crippen molar-refractivity contribution in [2.75, 3.05) is 110 Å². The van der Waals surface area contributed by atoms with Gasteiger partial charge in [-0.3, -0.25) is 14.5 Å². The van der Waals surface area contributed by atoms with E-state index in [0.29, 0.717) is 17.6 Å². The number of aromatic carboxylic acids is 1. The summed E-state index contributed by atoms with van der Waals surface area (Å²) in [5.41, 5.74) is 3.39. The van der Waals surface area contributed by atoms with Crippen LogP contribution < -0.4 is 10.6 Å². The third kappa shape index (κ3) is 18.7. The van der Waals surface area contributed by atoms with E-state index in [2.05, 4.69) is 35.6 Å². The minimum atomic E-state index is -1.17. The van der Waals surface area contributed by atoms with Crippen molar-refractivity contribution in [1.29, 1.82) is 0 Å². The van der Waals surface area contributed by atoms with Crippen LogP contribution in [0.25, 0.3) is 22.3 Å². The largest absolute Gasteiger partial charge is 0.478 e. The molecule has 1 aromatic carbocycles. The number of nitrogens with zero attached hydrogens (tertiary/aromatic N) is 6. The van der Waals surface area contributed by atoms with Crippen LogP contribution in [0.15, 0.2) is 61.1 Å². The molecule has 358 valence electrons. The summed E-state index contributed by atoms with van der Waals surface area (Å²) in [6.07, 6.45) is 6.19. The van der Waals surface area contributed by atoms with Crippen molar-refractivity contribution in [2.45, 2.75) is 51.5 Å². The molecule has 0 spiro atoms. The number of Topliss-reactive ketones (excluding diaryl/α,β-unsaturated/α-hetero) is 1. The molecular formula is C43H69N9O12. The van der Waals surface area contributed by atoms with E-state index in [1.54, 1.807) is 117 Å². The van der Waals surface area contributed by atoms with Gasteiger partial charge >= 0.3 is 5.97 Å². The lowest BCUT2D eigenvalue weighted by molar-refractivity contribution is -0.204. The highest BCUT2D eigenvalue weighted by Crippen LogP contribution is 2.25. The van der Waals surface area contributed by atoms with Crippen molar-refractivity contribution in [3.63, 3.8) is 0 Å². The van der Waals surface area contributed by atoms with E-state index in [0.717, 1.165) is 22.3 Å². The first kappa shape index (κ1) is 58.5. The van der Waals surface area contributed by atoms with E-state index in [-0.39, 0.29) is 23.5 Å². The zero-order valence-electron chi connectivity index (χ0n) is 40.5. The van der Waals surface area contributed by atoms with Gasteiger partial charge < -0.3 is 63.5 Å². The number of carboxylic acids is 1. The van der Waals surface area contributed by atoms with Crippen molar-refractivity contribution >= 4 is 40.3 Å². The number of fused-ring (bicyclic) bond motifs is 1. The maximum atomic E-state index is 11.5. The molecule has 0 unspecified atom stereocenters. The molecule has 21 heteroatoms. The first-order valence-electron chi connectivity index (χ1n) is 19.4. The van der Waals surface area contributed by atoms with Crippen molar-refractivity contribution in [3.8, 4) is 11.4 Å². The quantitative estimate of drug-likeness (QED) is 0.0781. The molecule has 4 aromatic rings. The highest BCUT2D eigenvalue weighted by Gasteiger charge is 2.31. The smallest absolute Gasteiger partial charge is 0.335 e. The Morgan fingerprint density at radius 2 is 1.25 bits per heavy atom. The molecular weight excluding hydrogens is 835 g/mol. The van der Waals surface area contributed by atoms with E-state index in [1.807, 2.05) is 39.2 Å². The number of carboxylic acid groups (broad SMARTS) is 1. The van der Waals surface area contributed by atoms with E-state index in [1.165, 1.54) is 41.4 Å². The summed E-state index contributed by atoms with van der Waals surface area (Å²) in [6, 6.07) is 10.4. The molecule has 0 saturated heterocycles.